The number of benzene rings is 3. The highest BCUT2D eigenvalue weighted by Crippen LogP contribution is 2.28. The van der Waals surface area contributed by atoms with Gasteiger partial charge in [-0.05, 0) is 47.4 Å². The van der Waals surface area contributed by atoms with Crippen LogP contribution in [0.1, 0.15) is 54.9 Å². The predicted octanol–water partition coefficient (Wildman–Crippen LogP) is 6.02. The molecule has 0 radical (unpaired) electrons. The Balaban J connectivity index is 1.64. The van der Waals surface area contributed by atoms with Crippen LogP contribution in [0.25, 0.3) is 22.2 Å². The van der Waals surface area contributed by atoms with E-state index in [2.05, 4.69) is 16.8 Å². The maximum Gasteiger partial charge on any atom is 0.516 e. The van der Waals surface area contributed by atoms with Gasteiger partial charge in [0.1, 0.15) is 5.82 Å². The molecule has 2 N–H and O–H groups in total. The molecule has 0 unspecified atom stereocenters. The van der Waals surface area contributed by atoms with Crippen molar-refractivity contribution in [3.63, 3.8) is 0 Å². The summed E-state index contributed by atoms with van der Waals surface area (Å²) < 4.78 is 64.5. The first-order valence-corrected chi connectivity index (χ1v) is 14.5. The van der Waals surface area contributed by atoms with Crippen molar-refractivity contribution in [2.45, 2.75) is 51.6 Å². The van der Waals surface area contributed by atoms with Gasteiger partial charge in [0.05, 0.1) is 11.0 Å². The van der Waals surface area contributed by atoms with Crippen LogP contribution in [0.2, 0.25) is 0 Å². The van der Waals surface area contributed by atoms with E-state index in [0.717, 1.165) is 46.4 Å². The zero-order chi connectivity index (χ0) is 29.8. The normalized spacial score (nSPS) is 11.9. The molecule has 216 valence electrons. The third kappa shape index (κ3) is 6.76. The number of carbonyl (C=O) groups excluding carboxylic acids is 2. The Hall–Kier alpha value is -4.19. The Morgan fingerprint density at radius 2 is 1.68 bits per heavy atom. The van der Waals surface area contributed by atoms with E-state index >= 15 is 0 Å². The van der Waals surface area contributed by atoms with Gasteiger partial charge in [-0.2, -0.15) is 21.6 Å². The Morgan fingerprint density at radius 1 is 0.976 bits per heavy atom. The summed E-state index contributed by atoms with van der Waals surface area (Å²) in [6.45, 7) is 4.34. The molecule has 12 heteroatoms. The Labute approximate surface area is 235 Å². The lowest BCUT2D eigenvalue weighted by Crippen LogP contribution is -2.40. The molecular formula is C29H29F3N4O4S. The maximum atomic E-state index is 12.8. The van der Waals surface area contributed by atoms with Gasteiger partial charge in [-0.1, -0.05) is 62.7 Å². The molecule has 2 amide bonds. The number of fused-ring (bicyclic) bond motifs is 1. The minimum atomic E-state index is -5.85. The van der Waals surface area contributed by atoms with Crippen LogP contribution in [0.15, 0.2) is 66.7 Å². The molecule has 41 heavy (non-hydrogen) atoms. The average molecular weight is 587 g/mol. The van der Waals surface area contributed by atoms with Crippen LogP contribution >= 0.6 is 0 Å². The average Bonchev–Trinajstić information content (AvgIpc) is 3.27. The first-order valence-electron chi connectivity index (χ1n) is 13.0. The van der Waals surface area contributed by atoms with Crippen molar-refractivity contribution in [3.8, 4) is 11.1 Å². The van der Waals surface area contributed by atoms with E-state index in [1.807, 2.05) is 30.3 Å². The van der Waals surface area contributed by atoms with Gasteiger partial charge in [0.25, 0.3) is 5.91 Å². The lowest BCUT2D eigenvalue weighted by molar-refractivity contribution is -0.115. The highest BCUT2D eigenvalue weighted by molar-refractivity contribution is 7.90. The smallest absolute Gasteiger partial charge is 0.326 e. The van der Waals surface area contributed by atoms with Gasteiger partial charge in [0, 0.05) is 30.6 Å². The number of nitrogens with one attached hydrogen (secondary N) is 2. The molecule has 0 saturated heterocycles. The Morgan fingerprint density at radius 3 is 2.34 bits per heavy atom. The fraction of sp³-hybridized carbons (Fsp3) is 0.276. The van der Waals surface area contributed by atoms with Crippen molar-refractivity contribution >= 4 is 38.6 Å². The molecule has 0 aliphatic carbocycles. The fourth-order valence-electron chi connectivity index (χ4n) is 4.34. The standard InChI is InChI=1S/C29H29F3N4O4S/c1-3-5-10-26-34-24-16-15-21(33-27(37)4-2)17-25(24)36(26)18-19-11-13-20(14-12-19)22-8-6-7-9-23(22)28(38)35-41(39,40)29(30,31)32/h6-9,11-17H,3-5,10,18H2,1-2H3,(H,33,37)(H,35,38). The summed E-state index contributed by atoms with van der Waals surface area (Å²) in [7, 11) is -5.85. The third-order valence-corrected chi connectivity index (χ3v) is 7.56. The van der Waals surface area contributed by atoms with Crippen LogP contribution in [0, 0.1) is 0 Å². The first-order chi connectivity index (χ1) is 19.4. The van der Waals surface area contributed by atoms with Gasteiger partial charge in [-0.25, -0.2) is 9.71 Å². The molecule has 1 aromatic heterocycles. The number of amides is 2. The summed E-state index contributed by atoms with van der Waals surface area (Å²) in [5, 5.41) is 2.88. The molecule has 1 heterocycles. The highest BCUT2D eigenvalue weighted by atomic mass is 32.2. The number of unbranched alkanes of at least 4 members (excludes halogenated alkanes) is 1. The van der Waals surface area contributed by atoms with Crippen molar-refractivity contribution < 1.29 is 31.2 Å². The van der Waals surface area contributed by atoms with Gasteiger partial charge in [-0.3, -0.25) is 9.59 Å². The number of aromatic nitrogens is 2. The van der Waals surface area contributed by atoms with Crippen molar-refractivity contribution in [1.29, 1.82) is 0 Å². The predicted molar refractivity (Wildman–Crippen MR) is 151 cm³/mol. The number of halogens is 3. The number of alkyl halides is 3. The van der Waals surface area contributed by atoms with E-state index in [4.69, 9.17) is 4.98 Å². The number of carbonyl (C=O) groups is 2. The highest BCUT2D eigenvalue weighted by Gasteiger charge is 2.47. The van der Waals surface area contributed by atoms with E-state index in [0.29, 0.717) is 24.2 Å². The summed E-state index contributed by atoms with van der Waals surface area (Å²) in [4.78, 5) is 29.2. The molecule has 0 spiro atoms. The number of rotatable bonds is 10. The molecule has 0 aliphatic rings. The van der Waals surface area contributed by atoms with E-state index in [-0.39, 0.29) is 17.0 Å². The number of aryl methyl sites for hydroxylation is 1. The second kappa shape index (κ2) is 12.1. The topological polar surface area (TPSA) is 110 Å². The number of hydrogen-bond acceptors (Lipinski definition) is 5. The Bertz CT molecular complexity index is 1680. The summed E-state index contributed by atoms with van der Waals surface area (Å²) in [6, 6.07) is 18.5. The fourth-order valence-corrected chi connectivity index (χ4v) is 4.81. The lowest BCUT2D eigenvalue weighted by Gasteiger charge is -2.13. The second-order valence-electron chi connectivity index (χ2n) is 9.45. The number of hydrogen-bond donors (Lipinski definition) is 2. The van der Waals surface area contributed by atoms with Crippen LogP contribution in [0.3, 0.4) is 0 Å². The van der Waals surface area contributed by atoms with E-state index in [1.54, 1.807) is 25.1 Å². The van der Waals surface area contributed by atoms with Crippen molar-refractivity contribution in [2.75, 3.05) is 5.32 Å². The van der Waals surface area contributed by atoms with Crippen LogP contribution in [-0.4, -0.2) is 35.3 Å². The molecule has 0 fully saturated rings. The molecule has 3 aromatic carbocycles. The Kier molecular flexibility index (Phi) is 8.81. The van der Waals surface area contributed by atoms with Gasteiger partial charge in [0.2, 0.25) is 5.91 Å². The lowest BCUT2D eigenvalue weighted by atomic mass is 9.98. The third-order valence-electron chi connectivity index (χ3n) is 6.50. The number of nitrogens with zero attached hydrogens (tertiary/aromatic N) is 2. The summed E-state index contributed by atoms with van der Waals surface area (Å²) in [6.07, 6.45) is 3.06. The molecule has 0 atom stereocenters. The van der Waals surface area contributed by atoms with E-state index in [1.165, 1.54) is 18.2 Å². The largest absolute Gasteiger partial charge is 0.516 e. The van der Waals surface area contributed by atoms with Crippen molar-refractivity contribution in [3.05, 3.63) is 83.7 Å². The molecule has 8 nitrogen and oxygen atoms in total. The van der Waals surface area contributed by atoms with Gasteiger partial charge in [0.15, 0.2) is 0 Å². The molecule has 0 saturated carbocycles. The first kappa shape index (κ1) is 29.8. The number of anilines is 1. The summed E-state index contributed by atoms with van der Waals surface area (Å²) in [5.74, 6) is -0.571. The quantitative estimate of drug-likeness (QED) is 0.236. The van der Waals surface area contributed by atoms with Crippen LogP contribution in [0.5, 0.6) is 0 Å². The maximum absolute atomic E-state index is 12.8. The second-order valence-corrected chi connectivity index (χ2v) is 11.1. The van der Waals surface area contributed by atoms with Crippen LogP contribution < -0.4 is 10.0 Å². The molecule has 4 rings (SSSR count). The molecule has 4 aromatic rings. The SMILES string of the molecule is CCCCc1nc2ccc(NC(=O)CC)cc2n1Cc1ccc(-c2ccccc2C(=O)NS(=O)(=O)C(F)(F)F)cc1. The molecule has 0 bridgehead atoms. The van der Waals surface area contributed by atoms with E-state index < -0.39 is 21.4 Å². The minimum absolute atomic E-state index is 0.0952. The number of sulfonamides is 1. The summed E-state index contributed by atoms with van der Waals surface area (Å²) in [5.41, 5.74) is -1.79. The minimum Gasteiger partial charge on any atom is -0.326 e. The monoisotopic (exact) mass is 586 g/mol. The van der Waals surface area contributed by atoms with Crippen LogP contribution in [0.4, 0.5) is 18.9 Å². The van der Waals surface area contributed by atoms with Gasteiger partial charge < -0.3 is 9.88 Å². The van der Waals surface area contributed by atoms with Crippen LogP contribution in [-0.2, 0) is 27.8 Å². The van der Waals surface area contributed by atoms with Crippen molar-refractivity contribution in [1.82, 2.24) is 14.3 Å². The molecule has 0 aliphatic heterocycles. The number of imidazole rings is 1. The zero-order valence-electron chi connectivity index (χ0n) is 22.5. The molecular weight excluding hydrogens is 557 g/mol. The summed E-state index contributed by atoms with van der Waals surface area (Å²) >= 11 is 0. The zero-order valence-corrected chi connectivity index (χ0v) is 23.3. The van der Waals surface area contributed by atoms with Gasteiger partial charge >= 0.3 is 15.5 Å². The van der Waals surface area contributed by atoms with Crippen molar-refractivity contribution in [2.24, 2.45) is 0 Å². The van der Waals surface area contributed by atoms with Gasteiger partial charge in [-0.15, -0.1) is 0 Å². The van der Waals surface area contributed by atoms with E-state index in [9.17, 15) is 31.2 Å².